The summed E-state index contributed by atoms with van der Waals surface area (Å²) in [4.78, 5) is 22.8. The minimum atomic E-state index is -0.218. The van der Waals surface area contributed by atoms with Crippen LogP contribution in [0.5, 0.6) is 0 Å². The highest BCUT2D eigenvalue weighted by atomic mass is 16.2. The van der Waals surface area contributed by atoms with Crippen LogP contribution in [-0.2, 0) is 4.79 Å². The number of nitrogens with one attached hydrogen (secondary N) is 2. The zero-order valence-electron chi connectivity index (χ0n) is 9.54. The van der Waals surface area contributed by atoms with Gasteiger partial charge in [-0.25, -0.2) is 0 Å². The average Bonchev–Trinajstić information content (AvgIpc) is 2.27. The number of likely N-dealkylation sites (N-methyl/N-ethyl adjacent to an activating group) is 1. The molecular weight excluding hydrogens is 204 g/mol. The van der Waals surface area contributed by atoms with Gasteiger partial charge in [0.25, 0.3) is 5.91 Å². The summed E-state index contributed by atoms with van der Waals surface area (Å²) >= 11 is 0. The molecule has 0 spiro atoms. The molecule has 0 aliphatic carbocycles. The third-order valence-corrected chi connectivity index (χ3v) is 2.17. The first-order valence-corrected chi connectivity index (χ1v) is 5.25. The summed E-state index contributed by atoms with van der Waals surface area (Å²) in [6, 6.07) is 7.27. The van der Waals surface area contributed by atoms with Crippen molar-refractivity contribution in [2.75, 3.05) is 13.1 Å². The Labute approximate surface area is 95.0 Å². The maximum atomic E-state index is 11.7. The van der Waals surface area contributed by atoms with Crippen LogP contribution < -0.4 is 10.6 Å². The minimum Gasteiger partial charge on any atom is -0.355 e. The third-order valence-electron chi connectivity index (χ3n) is 2.17. The van der Waals surface area contributed by atoms with Crippen molar-refractivity contribution in [2.45, 2.75) is 13.8 Å². The Kier molecular flexibility index (Phi) is 4.51. The van der Waals surface area contributed by atoms with Gasteiger partial charge in [0.05, 0.1) is 6.54 Å². The van der Waals surface area contributed by atoms with E-state index in [9.17, 15) is 9.59 Å². The van der Waals surface area contributed by atoms with Gasteiger partial charge in [-0.2, -0.15) is 0 Å². The molecule has 86 valence electrons. The van der Waals surface area contributed by atoms with E-state index < -0.39 is 0 Å². The molecule has 0 radical (unpaired) electrons. The molecule has 2 amide bonds. The first kappa shape index (κ1) is 12.2. The van der Waals surface area contributed by atoms with Crippen LogP contribution in [0.1, 0.15) is 22.8 Å². The lowest BCUT2D eigenvalue weighted by Gasteiger charge is -2.07. The molecule has 4 heteroatoms. The predicted molar refractivity (Wildman–Crippen MR) is 62.2 cm³/mol. The summed E-state index contributed by atoms with van der Waals surface area (Å²) in [5.74, 6) is -0.395. The van der Waals surface area contributed by atoms with Crippen molar-refractivity contribution in [3.8, 4) is 0 Å². The molecule has 0 atom stereocenters. The van der Waals surface area contributed by atoms with Crippen LogP contribution in [-0.4, -0.2) is 24.9 Å². The second-order valence-corrected chi connectivity index (χ2v) is 3.45. The van der Waals surface area contributed by atoms with E-state index in [1.807, 2.05) is 26.0 Å². The minimum absolute atomic E-state index is 0.0149. The highest BCUT2D eigenvalue weighted by Crippen LogP contribution is 2.05. The monoisotopic (exact) mass is 220 g/mol. The van der Waals surface area contributed by atoms with E-state index in [-0.39, 0.29) is 18.4 Å². The molecule has 0 fully saturated rings. The molecule has 0 aromatic heterocycles. The third kappa shape index (κ3) is 3.38. The van der Waals surface area contributed by atoms with Gasteiger partial charge in [-0.05, 0) is 25.5 Å². The van der Waals surface area contributed by atoms with E-state index >= 15 is 0 Å². The van der Waals surface area contributed by atoms with Crippen molar-refractivity contribution in [3.63, 3.8) is 0 Å². The Morgan fingerprint density at radius 3 is 2.50 bits per heavy atom. The van der Waals surface area contributed by atoms with E-state index in [1.165, 1.54) is 0 Å². The van der Waals surface area contributed by atoms with Crippen molar-refractivity contribution in [1.29, 1.82) is 0 Å². The molecular formula is C12H16N2O2. The molecule has 1 rings (SSSR count). The van der Waals surface area contributed by atoms with Gasteiger partial charge in [0.1, 0.15) is 0 Å². The fourth-order valence-electron chi connectivity index (χ4n) is 1.34. The van der Waals surface area contributed by atoms with Crippen LogP contribution in [0.15, 0.2) is 24.3 Å². The molecule has 1 aromatic rings. The molecule has 0 unspecified atom stereocenters. The number of benzene rings is 1. The van der Waals surface area contributed by atoms with Gasteiger partial charge >= 0.3 is 0 Å². The van der Waals surface area contributed by atoms with Crippen molar-refractivity contribution in [3.05, 3.63) is 35.4 Å². The highest BCUT2D eigenvalue weighted by Gasteiger charge is 2.08. The Hall–Kier alpha value is -1.84. The first-order chi connectivity index (χ1) is 7.65. The van der Waals surface area contributed by atoms with Gasteiger partial charge in [-0.3, -0.25) is 9.59 Å². The number of hydrogen-bond acceptors (Lipinski definition) is 2. The fraction of sp³-hybridized carbons (Fsp3) is 0.333. The van der Waals surface area contributed by atoms with Crippen molar-refractivity contribution < 1.29 is 9.59 Å². The lowest BCUT2D eigenvalue weighted by atomic mass is 10.1. The summed E-state index contributed by atoms with van der Waals surface area (Å²) < 4.78 is 0. The van der Waals surface area contributed by atoms with Gasteiger partial charge in [0.2, 0.25) is 5.91 Å². The molecule has 16 heavy (non-hydrogen) atoms. The lowest BCUT2D eigenvalue weighted by molar-refractivity contribution is -0.120. The van der Waals surface area contributed by atoms with Crippen molar-refractivity contribution in [2.24, 2.45) is 0 Å². The molecule has 0 heterocycles. The van der Waals surface area contributed by atoms with Crippen LogP contribution in [0.3, 0.4) is 0 Å². The SMILES string of the molecule is CCNC(=O)CNC(=O)c1ccccc1C. The van der Waals surface area contributed by atoms with E-state index in [0.717, 1.165) is 5.56 Å². The van der Waals surface area contributed by atoms with E-state index in [4.69, 9.17) is 0 Å². The number of rotatable bonds is 4. The molecule has 0 aliphatic rings. The predicted octanol–water partition coefficient (Wildman–Crippen LogP) is 0.861. The Bertz CT molecular complexity index is 388. The summed E-state index contributed by atoms with van der Waals surface area (Å²) in [7, 11) is 0. The second-order valence-electron chi connectivity index (χ2n) is 3.45. The summed E-state index contributed by atoms with van der Waals surface area (Å²) in [5.41, 5.74) is 1.50. The molecule has 0 saturated carbocycles. The number of hydrogen-bond donors (Lipinski definition) is 2. The summed E-state index contributed by atoms with van der Waals surface area (Å²) in [5, 5.41) is 5.19. The molecule has 0 saturated heterocycles. The quantitative estimate of drug-likeness (QED) is 0.790. The first-order valence-electron chi connectivity index (χ1n) is 5.25. The smallest absolute Gasteiger partial charge is 0.251 e. The molecule has 0 aliphatic heterocycles. The maximum Gasteiger partial charge on any atom is 0.251 e. The van der Waals surface area contributed by atoms with Crippen LogP contribution in [0.25, 0.3) is 0 Å². The molecule has 4 nitrogen and oxygen atoms in total. The molecule has 1 aromatic carbocycles. The van der Waals surface area contributed by atoms with Crippen LogP contribution in [0, 0.1) is 6.92 Å². The van der Waals surface area contributed by atoms with Crippen LogP contribution >= 0.6 is 0 Å². The number of carbonyl (C=O) groups is 2. The zero-order valence-corrected chi connectivity index (χ0v) is 9.54. The Morgan fingerprint density at radius 2 is 1.88 bits per heavy atom. The van der Waals surface area contributed by atoms with E-state index in [2.05, 4.69) is 10.6 Å². The van der Waals surface area contributed by atoms with E-state index in [0.29, 0.717) is 12.1 Å². The van der Waals surface area contributed by atoms with Crippen molar-refractivity contribution >= 4 is 11.8 Å². The van der Waals surface area contributed by atoms with Gasteiger partial charge in [-0.15, -0.1) is 0 Å². The highest BCUT2D eigenvalue weighted by molar-refractivity contribution is 5.97. The van der Waals surface area contributed by atoms with Crippen LogP contribution in [0.2, 0.25) is 0 Å². The molecule has 2 N–H and O–H groups in total. The number of carbonyl (C=O) groups excluding carboxylic acids is 2. The van der Waals surface area contributed by atoms with Gasteiger partial charge in [0.15, 0.2) is 0 Å². The molecule has 0 bridgehead atoms. The van der Waals surface area contributed by atoms with Crippen LogP contribution in [0.4, 0.5) is 0 Å². The van der Waals surface area contributed by atoms with Gasteiger partial charge in [-0.1, -0.05) is 18.2 Å². The second kappa shape index (κ2) is 5.90. The summed E-state index contributed by atoms with van der Waals surface area (Å²) in [6.45, 7) is 4.28. The van der Waals surface area contributed by atoms with Gasteiger partial charge < -0.3 is 10.6 Å². The average molecular weight is 220 g/mol. The lowest BCUT2D eigenvalue weighted by Crippen LogP contribution is -2.36. The van der Waals surface area contributed by atoms with Gasteiger partial charge in [0, 0.05) is 12.1 Å². The Balaban J connectivity index is 2.54. The number of aryl methyl sites for hydroxylation is 1. The standard InChI is InChI=1S/C12H16N2O2/c1-3-13-11(15)8-14-12(16)10-7-5-4-6-9(10)2/h4-7H,3,8H2,1-2H3,(H,13,15)(H,14,16). The zero-order chi connectivity index (χ0) is 12.0. The maximum absolute atomic E-state index is 11.7. The fourth-order valence-corrected chi connectivity index (χ4v) is 1.34. The Morgan fingerprint density at radius 1 is 1.19 bits per heavy atom. The van der Waals surface area contributed by atoms with E-state index in [1.54, 1.807) is 12.1 Å². The summed E-state index contributed by atoms with van der Waals surface area (Å²) in [6.07, 6.45) is 0. The van der Waals surface area contributed by atoms with Crippen molar-refractivity contribution in [1.82, 2.24) is 10.6 Å². The normalized spacial score (nSPS) is 9.62. The largest absolute Gasteiger partial charge is 0.355 e. The number of amides is 2. The topological polar surface area (TPSA) is 58.2 Å².